The maximum Gasteiger partial charge on any atom is 0.410 e. The number of allylic oxidation sites excluding steroid dienone is 1. The zero-order valence-corrected chi connectivity index (χ0v) is 27.7. The van der Waals surface area contributed by atoms with Crippen LogP contribution in [0.5, 0.6) is 0 Å². The number of benzene rings is 1. The molecule has 42 heavy (non-hydrogen) atoms. The summed E-state index contributed by atoms with van der Waals surface area (Å²) in [6.07, 6.45) is 3.07. The number of ether oxygens (including phenoxy) is 1. The Labute approximate surface area is 253 Å². The first-order valence-electron chi connectivity index (χ1n) is 14.2. The molecule has 0 saturated heterocycles. The highest BCUT2D eigenvalue weighted by Crippen LogP contribution is 2.35. The van der Waals surface area contributed by atoms with Crippen LogP contribution in [0.3, 0.4) is 0 Å². The SMILES string of the molecule is C=CC.CCC(C)(c1ccccc1)C(C(=O)NC(C(=O)N(C)C/C=C(\C)C(=O)O)C(C)(C)C)N(C)C(=O)OC(C)(C)C. The summed E-state index contributed by atoms with van der Waals surface area (Å²) in [5.41, 5.74) is -1.28. The van der Waals surface area contributed by atoms with Gasteiger partial charge in [-0.15, -0.1) is 6.58 Å². The smallest absolute Gasteiger partial charge is 0.410 e. The van der Waals surface area contributed by atoms with Gasteiger partial charge < -0.3 is 20.1 Å². The number of carbonyl (C=O) groups is 4. The van der Waals surface area contributed by atoms with Gasteiger partial charge in [-0.1, -0.05) is 77.1 Å². The number of amides is 3. The second-order valence-corrected chi connectivity index (χ2v) is 12.8. The lowest BCUT2D eigenvalue weighted by Crippen LogP contribution is -2.63. The largest absolute Gasteiger partial charge is 0.478 e. The summed E-state index contributed by atoms with van der Waals surface area (Å²) < 4.78 is 5.62. The summed E-state index contributed by atoms with van der Waals surface area (Å²) in [4.78, 5) is 54.8. The maximum atomic E-state index is 14.2. The van der Waals surface area contributed by atoms with Crippen molar-refractivity contribution in [1.29, 1.82) is 0 Å². The van der Waals surface area contributed by atoms with E-state index in [4.69, 9.17) is 9.84 Å². The molecule has 9 nitrogen and oxygen atoms in total. The number of rotatable bonds is 10. The first kappa shape index (κ1) is 38.4. The summed E-state index contributed by atoms with van der Waals surface area (Å²) in [5.74, 6) is -1.93. The highest BCUT2D eigenvalue weighted by Gasteiger charge is 2.46. The van der Waals surface area contributed by atoms with Crippen molar-refractivity contribution in [2.75, 3.05) is 20.6 Å². The van der Waals surface area contributed by atoms with Crippen molar-refractivity contribution in [2.24, 2.45) is 5.41 Å². The van der Waals surface area contributed by atoms with Crippen molar-refractivity contribution in [3.63, 3.8) is 0 Å². The second-order valence-electron chi connectivity index (χ2n) is 12.8. The molecule has 9 heteroatoms. The second kappa shape index (κ2) is 16.1. The van der Waals surface area contributed by atoms with E-state index >= 15 is 0 Å². The molecule has 0 spiro atoms. The minimum Gasteiger partial charge on any atom is -0.478 e. The molecular weight excluding hydrogens is 534 g/mol. The molecule has 3 amide bonds. The van der Waals surface area contributed by atoms with Gasteiger partial charge in [0.2, 0.25) is 11.8 Å². The number of hydrogen-bond donors (Lipinski definition) is 2. The topological polar surface area (TPSA) is 116 Å². The molecular formula is C33H53N3O6. The van der Waals surface area contributed by atoms with E-state index in [0.29, 0.717) is 6.42 Å². The molecule has 0 aromatic heterocycles. The first-order valence-corrected chi connectivity index (χ1v) is 14.2. The number of hydrogen-bond acceptors (Lipinski definition) is 5. The minimum absolute atomic E-state index is 0.0668. The third-order valence-corrected chi connectivity index (χ3v) is 6.87. The van der Waals surface area contributed by atoms with Gasteiger partial charge in [-0.2, -0.15) is 0 Å². The number of likely N-dealkylation sites (N-methyl/N-ethyl adjacent to an activating group) is 2. The van der Waals surface area contributed by atoms with Gasteiger partial charge in [-0.25, -0.2) is 9.59 Å². The van der Waals surface area contributed by atoms with E-state index in [-0.39, 0.29) is 18.0 Å². The highest BCUT2D eigenvalue weighted by molar-refractivity contribution is 5.93. The summed E-state index contributed by atoms with van der Waals surface area (Å²) >= 11 is 0. The number of nitrogens with one attached hydrogen (secondary N) is 1. The normalized spacial score (nSPS) is 14.6. The van der Waals surface area contributed by atoms with Gasteiger partial charge in [-0.3, -0.25) is 14.5 Å². The summed E-state index contributed by atoms with van der Waals surface area (Å²) in [6.45, 7) is 21.4. The van der Waals surface area contributed by atoms with E-state index in [1.54, 1.807) is 33.9 Å². The predicted octanol–water partition coefficient (Wildman–Crippen LogP) is 5.80. The predicted molar refractivity (Wildman–Crippen MR) is 168 cm³/mol. The van der Waals surface area contributed by atoms with Crippen LogP contribution in [0.15, 0.2) is 54.6 Å². The Bertz CT molecular complexity index is 1100. The maximum absolute atomic E-state index is 14.2. The Hall–Kier alpha value is -3.62. The highest BCUT2D eigenvalue weighted by atomic mass is 16.6. The molecule has 0 radical (unpaired) electrons. The average Bonchev–Trinajstić information content (AvgIpc) is 2.88. The molecule has 3 atom stereocenters. The molecule has 0 aliphatic heterocycles. The van der Waals surface area contributed by atoms with Crippen molar-refractivity contribution in [3.8, 4) is 0 Å². The zero-order chi connectivity index (χ0) is 33.1. The van der Waals surface area contributed by atoms with Gasteiger partial charge >= 0.3 is 12.1 Å². The minimum atomic E-state index is -1.07. The third-order valence-electron chi connectivity index (χ3n) is 6.87. The fourth-order valence-electron chi connectivity index (χ4n) is 4.25. The zero-order valence-electron chi connectivity index (χ0n) is 27.7. The van der Waals surface area contributed by atoms with E-state index in [1.807, 2.05) is 71.9 Å². The van der Waals surface area contributed by atoms with Crippen LogP contribution in [0.1, 0.15) is 81.2 Å². The Morgan fingerprint density at radius 1 is 1.02 bits per heavy atom. The number of aliphatic carboxylic acids is 1. The first-order chi connectivity index (χ1) is 19.2. The molecule has 1 aromatic carbocycles. The van der Waals surface area contributed by atoms with Gasteiger partial charge in [0.25, 0.3) is 0 Å². The van der Waals surface area contributed by atoms with Gasteiger partial charge in [0.05, 0.1) is 0 Å². The molecule has 1 aromatic rings. The van der Waals surface area contributed by atoms with Gasteiger partial charge in [0.15, 0.2) is 0 Å². The molecule has 0 fully saturated rings. The van der Waals surface area contributed by atoms with Crippen LogP contribution in [-0.4, -0.2) is 77.1 Å². The lowest BCUT2D eigenvalue weighted by Gasteiger charge is -2.43. The standard InChI is InChI=1S/C30H47N3O6.C3H6/c1-12-30(9,21-16-14-13-15-17-21)23(33(11)27(38)39-29(6,7)8)24(34)31-22(28(3,4)5)25(35)32(10)19-18-20(2)26(36)37;1-3-2/h13-18,22-23H,12,19H2,1-11H3,(H,31,34)(H,36,37);3H,1H2,2H3/b20-18+;. The van der Waals surface area contributed by atoms with E-state index < -0.39 is 46.5 Å². The number of carboxylic acid groups (broad SMARTS) is 1. The monoisotopic (exact) mass is 587 g/mol. The Morgan fingerprint density at radius 3 is 1.93 bits per heavy atom. The molecule has 0 aliphatic carbocycles. The van der Waals surface area contributed by atoms with Crippen molar-refractivity contribution >= 4 is 23.9 Å². The molecule has 0 bridgehead atoms. The van der Waals surface area contributed by atoms with Crippen molar-refractivity contribution in [3.05, 3.63) is 60.2 Å². The van der Waals surface area contributed by atoms with Gasteiger partial charge in [0.1, 0.15) is 17.7 Å². The Morgan fingerprint density at radius 2 is 1.52 bits per heavy atom. The van der Waals surface area contributed by atoms with E-state index in [0.717, 1.165) is 5.56 Å². The van der Waals surface area contributed by atoms with Crippen LogP contribution in [-0.2, 0) is 24.5 Å². The van der Waals surface area contributed by atoms with Gasteiger partial charge in [-0.05, 0) is 52.0 Å². The van der Waals surface area contributed by atoms with E-state index in [1.165, 1.54) is 29.8 Å². The van der Waals surface area contributed by atoms with E-state index in [9.17, 15) is 19.2 Å². The van der Waals surface area contributed by atoms with Gasteiger partial charge in [0, 0.05) is 31.6 Å². The third kappa shape index (κ3) is 11.3. The number of carbonyl (C=O) groups excluding carboxylic acids is 3. The Balaban J connectivity index is 0.00000535. The summed E-state index contributed by atoms with van der Waals surface area (Å²) in [6, 6.07) is 7.55. The van der Waals surface area contributed by atoms with Crippen LogP contribution in [0.4, 0.5) is 4.79 Å². The fraction of sp³-hybridized carbons (Fsp3) is 0.576. The lowest BCUT2D eigenvalue weighted by molar-refractivity contribution is -0.140. The Kier molecular flexibility index (Phi) is 14.7. The molecule has 3 unspecified atom stereocenters. The number of carboxylic acids is 1. The van der Waals surface area contributed by atoms with Crippen LogP contribution in [0.2, 0.25) is 0 Å². The summed E-state index contributed by atoms with van der Waals surface area (Å²) in [7, 11) is 3.10. The molecule has 2 N–H and O–H groups in total. The average molecular weight is 588 g/mol. The molecule has 236 valence electrons. The van der Waals surface area contributed by atoms with Crippen molar-refractivity contribution < 1.29 is 29.0 Å². The van der Waals surface area contributed by atoms with Crippen LogP contribution in [0, 0.1) is 5.41 Å². The van der Waals surface area contributed by atoms with E-state index in [2.05, 4.69) is 11.9 Å². The van der Waals surface area contributed by atoms with Crippen molar-refractivity contribution in [2.45, 2.75) is 98.8 Å². The lowest BCUT2D eigenvalue weighted by atomic mass is 9.72. The van der Waals surface area contributed by atoms with Crippen LogP contribution >= 0.6 is 0 Å². The molecule has 0 heterocycles. The quantitative estimate of drug-likeness (QED) is 0.264. The summed E-state index contributed by atoms with van der Waals surface area (Å²) in [5, 5.41) is 12.1. The number of nitrogens with zero attached hydrogens (tertiary/aromatic N) is 2. The molecule has 0 saturated carbocycles. The van der Waals surface area contributed by atoms with Crippen LogP contribution in [0.25, 0.3) is 0 Å². The van der Waals surface area contributed by atoms with Crippen molar-refractivity contribution in [1.82, 2.24) is 15.1 Å². The van der Waals surface area contributed by atoms with Crippen LogP contribution < -0.4 is 5.32 Å². The fourth-order valence-corrected chi connectivity index (χ4v) is 4.25. The molecule has 1 rings (SSSR count). The molecule has 0 aliphatic rings.